The van der Waals surface area contributed by atoms with E-state index in [1.807, 2.05) is 55.5 Å². The van der Waals surface area contributed by atoms with Crippen LogP contribution in [0.15, 0.2) is 53.0 Å². The summed E-state index contributed by atoms with van der Waals surface area (Å²) < 4.78 is 0.941. The lowest BCUT2D eigenvalue weighted by Crippen LogP contribution is -2.47. The predicted molar refractivity (Wildman–Crippen MR) is 80.2 cm³/mol. The quantitative estimate of drug-likeness (QED) is 0.841. The SMILES string of the molecule is CC1(c2ccccc2)Nc2ccc(Br)cc2NC1=O. The molecule has 0 aliphatic carbocycles. The molecule has 3 nitrogen and oxygen atoms in total. The van der Waals surface area contributed by atoms with Crippen LogP contribution in [-0.4, -0.2) is 5.91 Å². The van der Waals surface area contributed by atoms with Crippen LogP contribution in [-0.2, 0) is 10.3 Å². The van der Waals surface area contributed by atoms with Gasteiger partial charge in [0.2, 0.25) is 0 Å². The Hall–Kier alpha value is -1.81. The number of carbonyl (C=O) groups is 1. The van der Waals surface area contributed by atoms with Crippen molar-refractivity contribution in [3.63, 3.8) is 0 Å². The molecule has 4 heteroatoms. The number of carbonyl (C=O) groups excluding carboxylic acids is 1. The Balaban J connectivity index is 2.07. The minimum absolute atomic E-state index is 0.0516. The molecule has 0 saturated heterocycles. The topological polar surface area (TPSA) is 41.1 Å². The van der Waals surface area contributed by atoms with Crippen LogP contribution in [0.3, 0.4) is 0 Å². The summed E-state index contributed by atoms with van der Waals surface area (Å²) in [5.74, 6) is -0.0516. The standard InChI is InChI=1S/C15H13BrN2O/c1-15(10-5-3-2-4-6-10)14(19)17-13-9-11(16)7-8-12(13)18-15/h2-9,18H,1H3,(H,17,19). The molecule has 1 unspecified atom stereocenters. The maximum Gasteiger partial charge on any atom is 0.254 e. The van der Waals surface area contributed by atoms with Crippen molar-refractivity contribution in [3.05, 3.63) is 58.6 Å². The summed E-state index contributed by atoms with van der Waals surface area (Å²) in [5, 5.41) is 6.29. The van der Waals surface area contributed by atoms with Crippen LogP contribution in [0.25, 0.3) is 0 Å². The second-order valence-corrected chi connectivity index (χ2v) is 5.68. The molecule has 1 aliphatic rings. The minimum Gasteiger partial charge on any atom is -0.366 e. The van der Waals surface area contributed by atoms with E-state index in [9.17, 15) is 4.79 Å². The molecule has 3 rings (SSSR count). The molecule has 0 fully saturated rings. The van der Waals surface area contributed by atoms with E-state index >= 15 is 0 Å². The van der Waals surface area contributed by atoms with Gasteiger partial charge in [-0.2, -0.15) is 0 Å². The van der Waals surface area contributed by atoms with Gasteiger partial charge in [-0.15, -0.1) is 0 Å². The molecule has 1 atom stereocenters. The first-order valence-electron chi connectivity index (χ1n) is 6.04. The lowest BCUT2D eigenvalue weighted by molar-refractivity contribution is -0.120. The van der Waals surface area contributed by atoms with E-state index in [4.69, 9.17) is 0 Å². The molecule has 0 saturated carbocycles. The summed E-state index contributed by atoms with van der Waals surface area (Å²) in [5.41, 5.74) is 1.92. The van der Waals surface area contributed by atoms with E-state index in [1.54, 1.807) is 0 Å². The number of rotatable bonds is 1. The van der Waals surface area contributed by atoms with Crippen LogP contribution in [0, 0.1) is 0 Å². The van der Waals surface area contributed by atoms with Crippen LogP contribution < -0.4 is 10.6 Å². The fraction of sp³-hybridized carbons (Fsp3) is 0.133. The van der Waals surface area contributed by atoms with E-state index in [0.29, 0.717) is 0 Å². The zero-order valence-corrected chi connectivity index (χ0v) is 12.0. The predicted octanol–water partition coefficient (Wildman–Crippen LogP) is 3.73. The van der Waals surface area contributed by atoms with Crippen LogP contribution >= 0.6 is 15.9 Å². The Labute approximate surface area is 120 Å². The molecule has 2 N–H and O–H groups in total. The van der Waals surface area contributed by atoms with Gasteiger partial charge in [0, 0.05) is 4.47 Å². The van der Waals surface area contributed by atoms with E-state index < -0.39 is 5.54 Å². The highest BCUT2D eigenvalue weighted by Crippen LogP contribution is 2.37. The molecular formula is C15H13BrN2O. The number of benzene rings is 2. The lowest BCUT2D eigenvalue weighted by Gasteiger charge is -2.36. The summed E-state index contributed by atoms with van der Waals surface area (Å²) >= 11 is 3.40. The third-order valence-electron chi connectivity index (χ3n) is 3.42. The highest BCUT2D eigenvalue weighted by molar-refractivity contribution is 9.10. The first-order valence-corrected chi connectivity index (χ1v) is 6.83. The molecule has 96 valence electrons. The van der Waals surface area contributed by atoms with Crippen LogP contribution in [0.2, 0.25) is 0 Å². The fourth-order valence-corrected chi connectivity index (χ4v) is 2.64. The van der Waals surface area contributed by atoms with E-state index in [1.165, 1.54) is 0 Å². The molecule has 1 aliphatic heterocycles. The Morgan fingerprint density at radius 1 is 1.05 bits per heavy atom. The maximum absolute atomic E-state index is 12.4. The highest BCUT2D eigenvalue weighted by atomic mass is 79.9. The maximum atomic E-state index is 12.4. The average molecular weight is 317 g/mol. The van der Waals surface area contributed by atoms with E-state index in [2.05, 4.69) is 26.6 Å². The highest BCUT2D eigenvalue weighted by Gasteiger charge is 2.39. The number of nitrogens with one attached hydrogen (secondary N) is 2. The number of halogens is 1. The molecular weight excluding hydrogens is 304 g/mol. The zero-order chi connectivity index (χ0) is 13.5. The molecule has 19 heavy (non-hydrogen) atoms. The van der Waals surface area contributed by atoms with Gasteiger partial charge >= 0.3 is 0 Å². The summed E-state index contributed by atoms with van der Waals surface area (Å²) in [6.07, 6.45) is 0. The molecule has 0 spiro atoms. The number of fused-ring (bicyclic) bond motifs is 1. The fourth-order valence-electron chi connectivity index (χ4n) is 2.28. The second-order valence-electron chi connectivity index (χ2n) is 4.76. The van der Waals surface area contributed by atoms with Gasteiger partial charge in [0.15, 0.2) is 0 Å². The Bertz CT molecular complexity index is 642. The Morgan fingerprint density at radius 2 is 1.79 bits per heavy atom. The van der Waals surface area contributed by atoms with Crippen molar-refractivity contribution in [1.82, 2.24) is 0 Å². The monoisotopic (exact) mass is 316 g/mol. The normalized spacial score (nSPS) is 21.3. The first kappa shape index (κ1) is 12.2. The van der Waals surface area contributed by atoms with Crippen LogP contribution in [0.4, 0.5) is 11.4 Å². The van der Waals surface area contributed by atoms with Crippen molar-refractivity contribution in [3.8, 4) is 0 Å². The van der Waals surface area contributed by atoms with Gasteiger partial charge in [0.1, 0.15) is 5.54 Å². The van der Waals surface area contributed by atoms with Gasteiger partial charge in [-0.25, -0.2) is 0 Å². The summed E-state index contributed by atoms with van der Waals surface area (Å²) in [6.45, 7) is 1.89. The van der Waals surface area contributed by atoms with Crippen molar-refractivity contribution in [1.29, 1.82) is 0 Å². The van der Waals surface area contributed by atoms with Crippen molar-refractivity contribution < 1.29 is 4.79 Å². The third kappa shape index (κ3) is 2.02. The zero-order valence-electron chi connectivity index (χ0n) is 10.4. The summed E-state index contributed by atoms with van der Waals surface area (Å²) in [4.78, 5) is 12.4. The summed E-state index contributed by atoms with van der Waals surface area (Å²) in [6, 6.07) is 15.5. The first-order chi connectivity index (χ1) is 9.09. The van der Waals surface area contributed by atoms with Gasteiger partial charge in [-0.1, -0.05) is 46.3 Å². The molecule has 1 amide bonds. The number of anilines is 2. The van der Waals surface area contributed by atoms with Crippen molar-refractivity contribution in [2.75, 3.05) is 10.6 Å². The molecule has 1 heterocycles. The van der Waals surface area contributed by atoms with Gasteiger partial charge < -0.3 is 10.6 Å². The largest absolute Gasteiger partial charge is 0.366 e. The average Bonchev–Trinajstić information content (AvgIpc) is 2.42. The van der Waals surface area contributed by atoms with Gasteiger partial charge in [-0.3, -0.25) is 4.79 Å². The Kier molecular flexibility index (Phi) is 2.82. The van der Waals surface area contributed by atoms with Gasteiger partial charge in [0.25, 0.3) is 5.91 Å². The smallest absolute Gasteiger partial charge is 0.254 e. The lowest BCUT2D eigenvalue weighted by atomic mass is 9.88. The van der Waals surface area contributed by atoms with Crippen molar-refractivity contribution in [2.45, 2.75) is 12.5 Å². The van der Waals surface area contributed by atoms with Crippen molar-refractivity contribution in [2.24, 2.45) is 0 Å². The third-order valence-corrected chi connectivity index (χ3v) is 3.91. The minimum atomic E-state index is -0.748. The summed E-state index contributed by atoms with van der Waals surface area (Å²) in [7, 11) is 0. The number of hydrogen-bond donors (Lipinski definition) is 2. The molecule has 0 radical (unpaired) electrons. The Morgan fingerprint density at radius 3 is 2.53 bits per heavy atom. The van der Waals surface area contributed by atoms with Crippen LogP contribution in [0.1, 0.15) is 12.5 Å². The van der Waals surface area contributed by atoms with Gasteiger partial charge in [-0.05, 0) is 30.7 Å². The number of amides is 1. The molecule has 0 bridgehead atoms. The second kappa shape index (κ2) is 4.38. The number of hydrogen-bond acceptors (Lipinski definition) is 2. The molecule has 2 aromatic rings. The van der Waals surface area contributed by atoms with Crippen LogP contribution in [0.5, 0.6) is 0 Å². The molecule has 0 aromatic heterocycles. The van der Waals surface area contributed by atoms with Gasteiger partial charge in [0.05, 0.1) is 11.4 Å². The van der Waals surface area contributed by atoms with Crippen molar-refractivity contribution >= 4 is 33.2 Å². The van der Waals surface area contributed by atoms with E-state index in [0.717, 1.165) is 21.4 Å². The van der Waals surface area contributed by atoms with E-state index in [-0.39, 0.29) is 5.91 Å². The molecule has 2 aromatic carbocycles.